The molecule has 182 valence electrons. The lowest BCUT2D eigenvalue weighted by Crippen LogP contribution is -2.46. The van der Waals surface area contributed by atoms with Crippen LogP contribution in [0.1, 0.15) is 29.5 Å². The van der Waals surface area contributed by atoms with Crippen molar-refractivity contribution >= 4 is 11.9 Å². The van der Waals surface area contributed by atoms with Crippen LogP contribution >= 0.6 is 0 Å². The second-order valence-electron chi connectivity index (χ2n) is 8.16. The van der Waals surface area contributed by atoms with Crippen molar-refractivity contribution < 1.29 is 34.8 Å². The first-order valence-corrected chi connectivity index (χ1v) is 10.8. The predicted molar refractivity (Wildman–Crippen MR) is 124 cm³/mol. The Morgan fingerprint density at radius 1 is 1.09 bits per heavy atom. The molecule has 2 aromatic rings. The molecule has 0 radical (unpaired) electrons. The van der Waals surface area contributed by atoms with Crippen molar-refractivity contribution in [3.63, 3.8) is 0 Å². The molecule has 34 heavy (non-hydrogen) atoms. The van der Waals surface area contributed by atoms with Gasteiger partial charge < -0.3 is 30.1 Å². The molecule has 1 aliphatic rings. The summed E-state index contributed by atoms with van der Waals surface area (Å²) in [7, 11) is 0. The van der Waals surface area contributed by atoms with Crippen LogP contribution in [0.25, 0.3) is 0 Å². The topological polar surface area (TPSA) is 140 Å². The molecule has 1 saturated heterocycles. The second kappa shape index (κ2) is 12.7. The van der Waals surface area contributed by atoms with Gasteiger partial charge >= 0.3 is 11.9 Å². The van der Waals surface area contributed by atoms with E-state index < -0.39 is 23.6 Å². The molecule has 1 aromatic carbocycles. The number of ether oxygens (including phenoxy) is 1. The van der Waals surface area contributed by atoms with Crippen molar-refractivity contribution in [1.29, 1.82) is 0 Å². The van der Waals surface area contributed by atoms with Gasteiger partial charge in [-0.2, -0.15) is 0 Å². The van der Waals surface area contributed by atoms with E-state index in [1.54, 1.807) is 12.4 Å². The number of pyridine rings is 1. The number of aliphatic hydroxyl groups excluding tert-OH is 1. The minimum atomic E-state index is -1.44. The van der Waals surface area contributed by atoms with Crippen molar-refractivity contribution in [2.24, 2.45) is 0 Å². The normalized spacial score (nSPS) is 15.6. The molecule has 0 aliphatic carbocycles. The van der Waals surface area contributed by atoms with E-state index in [9.17, 15) is 19.8 Å². The highest BCUT2D eigenvalue weighted by molar-refractivity contribution is 5.96. The summed E-state index contributed by atoms with van der Waals surface area (Å²) in [5.74, 6) is 0.769. The Hall–Kier alpha value is -3.45. The Bertz CT molecular complexity index is 1000. The highest BCUT2D eigenvalue weighted by Crippen LogP contribution is 2.32. The van der Waals surface area contributed by atoms with Gasteiger partial charge in [0.1, 0.15) is 18.5 Å². The van der Waals surface area contributed by atoms with E-state index in [0.717, 1.165) is 30.0 Å². The fourth-order valence-electron chi connectivity index (χ4n) is 3.66. The number of aliphatic carboxylic acids is 2. The van der Waals surface area contributed by atoms with Gasteiger partial charge in [-0.15, -0.1) is 0 Å². The van der Waals surface area contributed by atoms with Crippen LogP contribution in [0, 0.1) is 25.7 Å². The molecule has 0 unspecified atom stereocenters. The fraction of sp³-hybridized carbons (Fsp3) is 0.400. The third kappa shape index (κ3) is 8.83. The van der Waals surface area contributed by atoms with Crippen LogP contribution in [0.4, 0.5) is 0 Å². The summed E-state index contributed by atoms with van der Waals surface area (Å²) >= 11 is 0. The predicted octanol–water partition coefficient (Wildman–Crippen LogP) is 1.58. The highest BCUT2D eigenvalue weighted by Gasteiger charge is 2.34. The van der Waals surface area contributed by atoms with Gasteiger partial charge in [0.15, 0.2) is 0 Å². The summed E-state index contributed by atoms with van der Waals surface area (Å²) in [6, 6.07) is 9.79. The lowest BCUT2D eigenvalue weighted by atomic mass is 9.85. The van der Waals surface area contributed by atoms with Crippen molar-refractivity contribution in [3.8, 4) is 17.6 Å². The van der Waals surface area contributed by atoms with Crippen molar-refractivity contribution in [2.75, 3.05) is 26.2 Å². The Balaban J connectivity index is 0.000000440. The van der Waals surface area contributed by atoms with E-state index in [1.807, 2.05) is 31.2 Å². The lowest BCUT2D eigenvalue weighted by Gasteiger charge is -2.39. The molecule has 2 heterocycles. The summed E-state index contributed by atoms with van der Waals surface area (Å²) in [6.07, 6.45) is 4.19. The maximum absolute atomic E-state index is 10.9. The van der Waals surface area contributed by atoms with Crippen molar-refractivity contribution in [3.05, 3.63) is 59.4 Å². The lowest BCUT2D eigenvalue weighted by molar-refractivity contribution is -0.132. The molecule has 9 heteroatoms. The van der Waals surface area contributed by atoms with Crippen LogP contribution in [-0.4, -0.2) is 74.6 Å². The first-order chi connectivity index (χ1) is 16.1. The van der Waals surface area contributed by atoms with Gasteiger partial charge in [0, 0.05) is 43.9 Å². The number of aromatic nitrogens is 1. The molecule has 0 saturated carbocycles. The zero-order valence-electron chi connectivity index (χ0n) is 19.3. The van der Waals surface area contributed by atoms with Crippen molar-refractivity contribution in [2.45, 2.75) is 38.4 Å². The largest absolute Gasteiger partial charge is 0.491 e. The van der Waals surface area contributed by atoms with E-state index >= 15 is 0 Å². The monoisotopic (exact) mass is 470 g/mol. The van der Waals surface area contributed by atoms with Crippen LogP contribution in [-0.2, 0) is 15.2 Å². The van der Waals surface area contributed by atoms with Crippen molar-refractivity contribution in [1.82, 2.24) is 9.88 Å². The number of likely N-dealkylation sites (tertiary alicyclic amines) is 1. The molecule has 1 fully saturated rings. The SMILES string of the molecule is Cc1ccc(OC[C@@H](O)CN2CCC(O)(c3ccncc3)CC2)c(C)c1.O=C(O)C#CC(=O)O. The second-order valence-corrected chi connectivity index (χ2v) is 8.16. The van der Waals surface area contributed by atoms with Gasteiger partial charge in [-0.25, -0.2) is 9.59 Å². The molecule has 9 nitrogen and oxygen atoms in total. The number of β-amino-alcohol motifs (C(OH)–C–C–N with tert-alkyl or cyclic N) is 1. The standard InChI is InChI=1S/C21H28N2O3.C4H2O4/c1-16-3-4-20(17(2)13-16)26-15-19(24)14-23-11-7-21(25,8-12-23)18-5-9-22-10-6-18;5-3(6)1-2-4(7)8/h3-6,9-10,13,19,24-25H,7-8,11-12,14-15H2,1-2H3;(H,5,6)(H,7,8)/t19-;/m0./s1. The van der Waals surface area contributed by atoms with Gasteiger partial charge in [-0.05, 0) is 56.0 Å². The average Bonchev–Trinajstić information content (AvgIpc) is 2.80. The van der Waals surface area contributed by atoms with Crippen LogP contribution in [0.5, 0.6) is 5.75 Å². The summed E-state index contributed by atoms with van der Waals surface area (Å²) in [5, 5.41) is 36.6. The molecule has 1 atom stereocenters. The Kier molecular flexibility index (Phi) is 10.0. The van der Waals surface area contributed by atoms with Crippen LogP contribution in [0.3, 0.4) is 0 Å². The highest BCUT2D eigenvalue weighted by atomic mass is 16.5. The van der Waals surface area contributed by atoms with E-state index in [1.165, 1.54) is 17.4 Å². The first kappa shape index (κ1) is 26.8. The molecular formula is C25H30N2O7. The Morgan fingerprint density at radius 2 is 1.68 bits per heavy atom. The molecule has 1 aromatic heterocycles. The Morgan fingerprint density at radius 3 is 2.21 bits per heavy atom. The number of carboxylic acids is 2. The number of carboxylic acid groups (broad SMARTS) is 2. The van der Waals surface area contributed by atoms with Gasteiger partial charge in [-0.1, -0.05) is 17.7 Å². The summed E-state index contributed by atoms with van der Waals surface area (Å²) < 4.78 is 5.77. The minimum absolute atomic E-state index is 0.273. The number of benzene rings is 1. The molecular weight excluding hydrogens is 440 g/mol. The van der Waals surface area contributed by atoms with Gasteiger partial charge in [0.05, 0.1) is 5.60 Å². The quantitative estimate of drug-likeness (QED) is 0.463. The molecule has 0 spiro atoms. The van der Waals surface area contributed by atoms with Crippen LogP contribution < -0.4 is 4.74 Å². The van der Waals surface area contributed by atoms with E-state index in [-0.39, 0.29) is 6.61 Å². The molecule has 1 aliphatic heterocycles. The summed E-state index contributed by atoms with van der Waals surface area (Å²) in [4.78, 5) is 25.1. The minimum Gasteiger partial charge on any atom is -0.491 e. The number of hydrogen-bond donors (Lipinski definition) is 4. The number of nitrogens with zero attached hydrogens (tertiary/aromatic N) is 2. The maximum Gasteiger partial charge on any atom is 0.382 e. The summed E-state index contributed by atoms with van der Waals surface area (Å²) in [6.45, 7) is 6.39. The van der Waals surface area contributed by atoms with Gasteiger partial charge in [0.2, 0.25) is 0 Å². The van der Waals surface area contributed by atoms with E-state index in [0.29, 0.717) is 19.4 Å². The molecule has 4 N–H and O–H groups in total. The fourth-order valence-corrected chi connectivity index (χ4v) is 3.66. The summed E-state index contributed by atoms with van der Waals surface area (Å²) in [5.41, 5.74) is 2.41. The first-order valence-electron chi connectivity index (χ1n) is 10.8. The Labute approximate surface area is 198 Å². The number of aryl methyl sites for hydroxylation is 2. The number of aliphatic hydroxyl groups is 2. The van der Waals surface area contributed by atoms with Crippen LogP contribution in [0.2, 0.25) is 0 Å². The van der Waals surface area contributed by atoms with Crippen LogP contribution in [0.15, 0.2) is 42.7 Å². The zero-order chi connectivity index (χ0) is 25.1. The van der Waals surface area contributed by atoms with Gasteiger partial charge in [0.25, 0.3) is 0 Å². The smallest absolute Gasteiger partial charge is 0.382 e. The third-order valence-corrected chi connectivity index (χ3v) is 5.41. The average molecular weight is 471 g/mol. The number of hydrogen-bond acceptors (Lipinski definition) is 7. The molecule has 0 bridgehead atoms. The van der Waals surface area contributed by atoms with Gasteiger partial charge in [-0.3, -0.25) is 4.98 Å². The number of piperidine rings is 1. The van der Waals surface area contributed by atoms with E-state index in [4.69, 9.17) is 14.9 Å². The van der Waals surface area contributed by atoms with E-state index in [2.05, 4.69) is 22.9 Å². The number of carbonyl (C=O) groups is 2. The molecule has 0 amide bonds. The zero-order valence-corrected chi connectivity index (χ0v) is 19.3. The maximum atomic E-state index is 10.9. The molecule has 3 rings (SSSR count). The number of rotatable bonds is 6. The third-order valence-electron chi connectivity index (χ3n) is 5.41.